The number of hydrogen-bond donors (Lipinski definition) is 1. The van der Waals surface area contributed by atoms with Crippen LogP contribution in [0.4, 0.5) is 0 Å². The van der Waals surface area contributed by atoms with Crippen LogP contribution in [-0.4, -0.2) is 32.2 Å². The molecule has 0 saturated carbocycles. The van der Waals surface area contributed by atoms with Crippen LogP contribution in [0.1, 0.15) is 32.6 Å². The van der Waals surface area contributed by atoms with E-state index in [0.29, 0.717) is 6.54 Å². The van der Waals surface area contributed by atoms with Gasteiger partial charge in [0.25, 0.3) is 0 Å². The third-order valence-corrected chi connectivity index (χ3v) is 4.24. The average Bonchev–Trinajstić information content (AvgIpc) is 2.69. The Morgan fingerprint density at radius 1 is 1.53 bits per heavy atom. The Hall–Kier alpha value is -0.880. The van der Waals surface area contributed by atoms with Gasteiger partial charge in [0, 0.05) is 20.0 Å². The summed E-state index contributed by atoms with van der Waals surface area (Å²) in [6.45, 7) is 2.29. The second-order valence-electron chi connectivity index (χ2n) is 4.32. The predicted molar refractivity (Wildman–Crippen MR) is 66.5 cm³/mol. The molecule has 0 aliphatic heterocycles. The Bertz CT molecular complexity index is 390. The monoisotopic (exact) mass is 260 g/mol. The van der Waals surface area contributed by atoms with E-state index in [1.54, 1.807) is 0 Å². The van der Waals surface area contributed by atoms with Gasteiger partial charge >= 0.3 is 10.2 Å². The highest BCUT2D eigenvalue weighted by molar-refractivity contribution is 7.87. The first-order valence-corrected chi connectivity index (χ1v) is 7.33. The number of carbonyl (C=O) groups is 1. The molecule has 0 aromatic carbocycles. The van der Waals surface area contributed by atoms with Gasteiger partial charge in [-0.05, 0) is 25.2 Å². The van der Waals surface area contributed by atoms with Crippen molar-refractivity contribution in [2.24, 2.45) is 5.92 Å². The summed E-state index contributed by atoms with van der Waals surface area (Å²) in [5, 5.41) is 0. The highest BCUT2D eigenvalue weighted by Crippen LogP contribution is 2.20. The van der Waals surface area contributed by atoms with E-state index in [9.17, 15) is 13.2 Å². The molecule has 1 rings (SSSR count). The summed E-state index contributed by atoms with van der Waals surface area (Å²) in [6.07, 6.45) is 6.86. The van der Waals surface area contributed by atoms with Crippen LogP contribution in [0.3, 0.4) is 0 Å². The van der Waals surface area contributed by atoms with Gasteiger partial charge in [0.2, 0.25) is 5.91 Å². The molecule has 1 aliphatic rings. The molecule has 0 bridgehead atoms. The smallest absolute Gasteiger partial charge is 0.274 e. The Kier molecular flexibility index (Phi) is 5.14. The third kappa shape index (κ3) is 4.47. The largest absolute Gasteiger partial charge is 0.303 e. The van der Waals surface area contributed by atoms with Crippen LogP contribution in [0.15, 0.2) is 12.2 Å². The number of hydrogen-bond acceptors (Lipinski definition) is 3. The fourth-order valence-corrected chi connectivity index (χ4v) is 2.75. The molecule has 1 aliphatic carbocycles. The first-order valence-electron chi connectivity index (χ1n) is 5.89. The zero-order valence-electron chi connectivity index (χ0n) is 10.3. The number of carbonyl (C=O) groups excluding carboxylic acids is 1. The first-order chi connectivity index (χ1) is 7.95. The topological polar surface area (TPSA) is 66.5 Å². The lowest BCUT2D eigenvalue weighted by Crippen LogP contribution is -2.42. The standard InChI is InChI=1S/C11H20N2O3S/c1-3-8-13(2)17(15,16)12-11(14)9-10-6-4-5-7-10/h4,6,10H,3,5,7-9H2,1-2H3,(H,12,14). The van der Waals surface area contributed by atoms with Crippen LogP contribution in [0.5, 0.6) is 0 Å². The quantitative estimate of drug-likeness (QED) is 0.726. The van der Waals surface area contributed by atoms with Crippen molar-refractivity contribution in [2.45, 2.75) is 32.6 Å². The molecule has 1 amide bonds. The van der Waals surface area contributed by atoms with Gasteiger partial charge < -0.3 is 0 Å². The number of amides is 1. The summed E-state index contributed by atoms with van der Waals surface area (Å²) >= 11 is 0. The van der Waals surface area contributed by atoms with Gasteiger partial charge in [0.1, 0.15) is 0 Å². The highest BCUT2D eigenvalue weighted by atomic mass is 32.2. The minimum Gasteiger partial charge on any atom is -0.274 e. The molecular formula is C11H20N2O3S. The third-order valence-electron chi connectivity index (χ3n) is 2.75. The molecule has 0 aromatic heterocycles. The molecule has 1 atom stereocenters. The van der Waals surface area contributed by atoms with Crippen LogP contribution < -0.4 is 4.72 Å². The van der Waals surface area contributed by atoms with Gasteiger partial charge in [-0.25, -0.2) is 4.72 Å². The fourth-order valence-electron chi connectivity index (χ4n) is 1.80. The van der Waals surface area contributed by atoms with Crippen molar-refractivity contribution in [3.63, 3.8) is 0 Å². The molecule has 0 aromatic rings. The van der Waals surface area contributed by atoms with E-state index in [4.69, 9.17) is 0 Å². The summed E-state index contributed by atoms with van der Waals surface area (Å²) in [5.74, 6) is -0.244. The van der Waals surface area contributed by atoms with E-state index in [1.165, 1.54) is 7.05 Å². The molecule has 0 spiro atoms. The van der Waals surface area contributed by atoms with Crippen molar-refractivity contribution in [2.75, 3.05) is 13.6 Å². The summed E-state index contributed by atoms with van der Waals surface area (Å²) in [6, 6.07) is 0. The minimum atomic E-state index is -3.65. The van der Waals surface area contributed by atoms with Gasteiger partial charge in [-0.3, -0.25) is 4.79 Å². The summed E-state index contributed by atoms with van der Waals surface area (Å²) < 4.78 is 26.6. The average molecular weight is 260 g/mol. The molecule has 6 heteroatoms. The lowest BCUT2D eigenvalue weighted by atomic mass is 10.1. The Labute approximate surface area is 103 Å². The van der Waals surface area contributed by atoms with E-state index in [1.807, 2.05) is 19.1 Å². The van der Waals surface area contributed by atoms with Gasteiger partial charge in [-0.15, -0.1) is 0 Å². The number of rotatable bonds is 6. The molecule has 1 unspecified atom stereocenters. The van der Waals surface area contributed by atoms with Crippen molar-refractivity contribution < 1.29 is 13.2 Å². The van der Waals surface area contributed by atoms with Gasteiger partial charge in [0.05, 0.1) is 0 Å². The first kappa shape index (κ1) is 14.2. The van der Waals surface area contributed by atoms with E-state index in [2.05, 4.69) is 4.72 Å². The molecular weight excluding hydrogens is 240 g/mol. The summed E-state index contributed by atoms with van der Waals surface area (Å²) in [5.41, 5.74) is 0. The zero-order chi connectivity index (χ0) is 12.9. The molecule has 0 radical (unpaired) electrons. The second-order valence-corrected chi connectivity index (χ2v) is 6.10. The van der Waals surface area contributed by atoms with Crippen LogP contribution in [-0.2, 0) is 15.0 Å². The molecule has 0 fully saturated rings. The SMILES string of the molecule is CCCN(C)S(=O)(=O)NC(=O)CC1C=CCC1. The lowest BCUT2D eigenvalue weighted by Gasteiger charge is -2.17. The van der Waals surface area contributed by atoms with Crippen molar-refractivity contribution in [1.82, 2.24) is 9.03 Å². The highest BCUT2D eigenvalue weighted by Gasteiger charge is 2.21. The number of allylic oxidation sites excluding steroid dienone is 2. The molecule has 5 nitrogen and oxygen atoms in total. The van der Waals surface area contributed by atoms with Gasteiger partial charge in [-0.1, -0.05) is 19.1 Å². The molecule has 17 heavy (non-hydrogen) atoms. The number of nitrogens with one attached hydrogen (secondary N) is 1. The van der Waals surface area contributed by atoms with Crippen molar-refractivity contribution in [1.29, 1.82) is 0 Å². The second kappa shape index (κ2) is 6.16. The maximum absolute atomic E-state index is 11.7. The molecule has 1 N–H and O–H groups in total. The van der Waals surface area contributed by atoms with Crippen LogP contribution in [0.25, 0.3) is 0 Å². The Morgan fingerprint density at radius 3 is 2.76 bits per heavy atom. The van der Waals surface area contributed by atoms with E-state index in [0.717, 1.165) is 23.6 Å². The normalized spacial score (nSPS) is 19.8. The molecule has 0 saturated heterocycles. The molecule has 0 heterocycles. The van der Waals surface area contributed by atoms with E-state index >= 15 is 0 Å². The van der Waals surface area contributed by atoms with Crippen molar-refractivity contribution >= 4 is 16.1 Å². The molecule has 98 valence electrons. The van der Waals surface area contributed by atoms with Crippen LogP contribution in [0, 0.1) is 5.92 Å². The zero-order valence-corrected chi connectivity index (χ0v) is 11.2. The predicted octanol–water partition coefficient (Wildman–Crippen LogP) is 1.05. The Balaban J connectivity index is 2.46. The van der Waals surface area contributed by atoms with Gasteiger partial charge in [-0.2, -0.15) is 12.7 Å². The fraction of sp³-hybridized carbons (Fsp3) is 0.727. The van der Waals surface area contributed by atoms with Crippen LogP contribution in [0.2, 0.25) is 0 Å². The van der Waals surface area contributed by atoms with Crippen molar-refractivity contribution in [3.8, 4) is 0 Å². The summed E-state index contributed by atoms with van der Waals surface area (Å²) in [7, 11) is -2.19. The van der Waals surface area contributed by atoms with E-state index < -0.39 is 16.1 Å². The number of nitrogens with zero attached hydrogens (tertiary/aromatic N) is 1. The Morgan fingerprint density at radius 2 is 2.24 bits per heavy atom. The van der Waals surface area contributed by atoms with Crippen LogP contribution >= 0.6 is 0 Å². The minimum absolute atomic E-state index is 0.182. The summed E-state index contributed by atoms with van der Waals surface area (Å²) in [4.78, 5) is 11.6. The maximum Gasteiger partial charge on any atom is 0.303 e. The lowest BCUT2D eigenvalue weighted by molar-refractivity contribution is -0.120. The van der Waals surface area contributed by atoms with E-state index in [-0.39, 0.29) is 12.3 Å². The van der Waals surface area contributed by atoms with Crippen molar-refractivity contribution in [3.05, 3.63) is 12.2 Å². The maximum atomic E-state index is 11.7. The van der Waals surface area contributed by atoms with Gasteiger partial charge in [0.15, 0.2) is 0 Å².